The van der Waals surface area contributed by atoms with Gasteiger partial charge >= 0.3 is 0 Å². The molecule has 1 amide bonds. The van der Waals surface area contributed by atoms with E-state index in [1.165, 1.54) is 10.6 Å². The lowest BCUT2D eigenvalue weighted by molar-refractivity contribution is -0.116. The Morgan fingerprint density at radius 3 is 2.69 bits per heavy atom. The molecule has 8 nitrogen and oxygen atoms in total. The molecular formula is C24H24N4O4. The van der Waals surface area contributed by atoms with Crippen molar-refractivity contribution in [2.24, 2.45) is 0 Å². The molecule has 164 valence electrons. The Balaban J connectivity index is 1.71. The summed E-state index contributed by atoms with van der Waals surface area (Å²) < 4.78 is 12.2. The fourth-order valence-electron chi connectivity index (χ4n) is 3.51. The van der Waals surface area contributed by atoms with Crippen LogP contribution in [-0.2, 0) is 11.3 Å². The second kappa shape index (κ2) is 8.66. The molecule has 4 rings (SSSR count). The lowest BCUT2D eigenvalue weighted by Gasteiger charge is -2.14. The van der Waals surface area contributed by atoms with Gasteiger partial charge in [-0.25, -0.2) is 0 Å². The number of carbonyl (C=O) groups is 1. The van der Waals surface area contributed by atoms with Crippen LogP contribution >= 0.6 is 0 Å². The van der Waals surface area contributed by atoms with E-state index in [9.17, 15) is 9.59 Å². The third-order valence-electron chi connectivity index (χ3n) is 5.14. The van der Waals surface area contributed by atoms with Crippen LogP contribution in [0.5, 0.6) is 5.75 Å². The maximum absolute atomic E-state index is 13.0. The number of rotatable bonds is 6. The first-order valence-electron chi connectivity index (χ1n) is 10.3. The number of hydrogen-bond donors (Lipinski definition) is 1. The van der Waals surface area contributed by atoms with Crippen molar-refractivity contribution in [3.8, 4) is 17.2 Å². The third kappa shape index (κ3) is 4.12. The van der Waals surface area contributed by atoms with E-state index in [1.807, 2.05) is 51.1 Å². The fraction of sp³-hybridized carbons (Fsp3) is 0.250. The molecule has 0 aliphatic rings. The summed E-state index contributed by atoms with van der Waals surface area (Å²) in [4.78, 5) is 30.3. The first-order valence-corrected chi connectivity index (χ1v) is 10.3. The average Bonchev–Trinajstić information content (AvgIpc) is 3.26. The van der Waals surface area contributed by atoms with Gasteiger partial charge < -0.3 is 14.6 Å². The number of carbonyl (C=O) groups excluding carboxylic acids is 1. The van der Waals surface area contributed by atoms with Crippen LogP contribution in [0, 0.1) is 6.92 Å². The minimum atomic E-state index is -0.339. The molecule has 2 heterocycles. The lowest BCUT2D eigenvalue weighted by atomic mass is 10.1. The normalized spacial score (nSPS) is 11.2. The number of benzene rings is 2. The van der Waals surface area contributed by atoms with Gasteiger partial charge in [0.05, 0.1) is 23.9 Å². The van der Waals surface area contributed by atoms with Crippen LogP contribution < -0.4 is 15.6 Å². The number of aryl methyl sites for hydroxylation is 1. The monoisotopic (exact) mass is 432 g/mol. The van der Waals surface area contributed by atoms with E-state index < -0.39 is 0 Å². The third-order valence-corrected chi connectivity index (χ3v) is 5.14. The van der Waals surface area contributed by atoms with Gasteiger partial charge in [0, 0.05) is 17.4 Å². The SMILES string of the molecule is COc1ccc(C)cc1NC(=O)Cn1c(=O)cc(-c2nc(C(C)C)no2)c2ccccc21. The molecule has 8 heteroatoms. The molecule has 0 aliphatic heterocycles. The summed E-state index contributed by atoms with van der Waals surface area (Å²) in [5.74, 6) is 1.16. The largest absolute Gasteiger partial charge is 0.495 e. The molecule has 0 atom stereocenters. The van der Waals surface area contributed by atoms with Crippen molar-refractivity contribution in [2.45, 2.75) is 33.2 Å². The number of nitrogens with zero attached hydrogens (tertiary/aromatic N) is 3. The van der Waals surface area contributed by atoms with Crippen molar-refractivity contribution in [1.82, 2.24) is 14.7 Å². The highest BCUT2D eigenvalue weighted by atomic mass is 16.5. The zero-order valence-electron chi connectivity index (χ0n) is 18.4. The number of anilines is 1. The van der Waals surface area contributed by atoms with Crippen LogP contribution in [0.3, 0.4) is 0 Å². The van der Waals surface area contributed by atoms with Crippen molar-refractivity contribution < 1.29 is 14.1 Å². The molecule has 0 unspecified atom stereocenters. The van der Waals surface area contributed by atoms with Gasteiger partial charge in [0.15, 0.2) is 5.82 Å². The number of pyridine rings is 1. The summed E-state index contributed by atoms with van der Waals surface area (Å²) >= 11 is 0. The van der Waals surface area contributed by atoms with Crippen molar-refractivity contribution in [3.05, 3.63) is 70.3 Å². The smallest absolute Gasteiger partial charge is 0.258 e. The number of aromatic nitrogens is 3. The number of ether oxygens (including phenoxy) is 1. The molecule has 0 saturated heterocycles. The number of amides is 1. The molecular weight excluding hydrogens is 408 g/mol. The Morgan fingerprint density at radius 2 is 1.97 bits per heavy atom. The van der Waals surface area contributed by atoms with Crippen LogP contribution in [-0.4, -0.2) is 27.7 Å². The zero-order chi connectivity index (χ0) is 22.8. The summed E-state index contributed by atoms with van der Waals surface area (Å²) in [5.41, 5.74) is 2.34. The highest BCUT2D eigenvalue weighted by molar-refractivity contribution is 5.95. The predicted molar refractivity (Wildman–Crippen MR) is 122 cm³/mol. The van der Waals surface area contributed by atoms with Gasteiger partial charge in [-0.1, -0.05) is 43.3 Å². The van der Waals surface area contributed by atoms with Crippen LogP contribution in [0.2, 0.25) is 0 Å². The minimum Gasteiger partial charge on any atom is -0.495 e. The molecule has 0 aliphatic carbocycles. The Labute approximate surface area is 184 Å². The van der Waals surface area contributed by atoms with E-state index in [0.717, 1.165) is 10.9 Å². The molecule has 0 saturated carbocycles. The maximum atomic E-state index is 13.0. The Kier molecular flexibility index (Phi) is 5.77. The van der Waals surface area contributed by atoms with Gasteiger partial charge in [-0.2, -0.15) is 4.98 Å². The van der Waals surface area contributed by atoms with Gasteiger partial charge in [-0.05, 0) is 30.7 Å². The maximum Gasteiger partial charge on any atom is 0.258 e. The van der Waals surface area contributed by atoms with Crippen molar-refractivity contribution in [3.63, 3.8) is 0 Å². The van der Waals surface area contributed by atoms with Crippen LogP contribution in [0.15, 0.2) is 57.8 Å². The Morgan fingerprint density at radius 1 is 1.19 bits per heavy atom. The number of hydrogen-bond acceptors (Lipinski definition) is 6. The van der Waals surface area contributed by atoms with Gasteiger partial charge in [-0.15, -0.1) is 0 Å². The second-order valence-corrected chi connectivity index (χ2v) is 7.86. The van der Waals surface area contributed by atoms with Crippen molar-refractivity contribution in [2.75, 3.05) is 12.4 Å². The first-order chi connectivity index (χ1) is 15.4. The summed E-state index contributed by atoms with van der Waals surface area (Å²) in [7, 11) is 1.54. The Bertz CT molecular complexity index is 1350. The number of methoxy groups -OCH3 is 1. The standard InChI is InChI=1S/C24H24N4O4/c1-14(2)23-26-24(32-27-23)17-12-22(30)28(19-8-6-5-7-16(17)19)13-21(29)25-18-11-15(3)9-10-20(18)31-4/h5-12,14H,13H2,1-4H3,(H,25,29). The summed E-state index contributed by atoms with van der Waals surface area (Å²) in [6, 6.07) is 14.3. The van der Waals surface area contributed by atoms with Gasteiger partial charge in [0.25, 0.3) is 11.4 Å². The molecule has 32 heavy (non-hydrogen) atoms. The average molecular weight is 432 g/mol. The molecule has 2 aromatic carbocycles. The molecule has 0 bridgehead atoms. The summed E-state index contributed by atoms with van der Waals surface area (Å²) in [6.45, 7) is 5.70. The molecule has 0 fully saturated rings. The number of nitrogens with one attached hydrogen (secondary N) is 1. The highest BCUT2D eigenvalue weighted by Crippen LogP contribution is 2.28. The number of fused-ring (bicyclic) bond motifs is 1. The molecule has 2 aromatic heterocycles. The summed E-state index contributed by atoms with van der Waals surface area (Å²) in [6.07, 6.45) is 0. The fourth-order valence-corrected chi connectivity index (χ4v) is 3.51. The molecule has 0 radical (unpaired) electrons. The van der Waals surface area contributed by atoms with Crippen molar-refractivity contribution >= 4 is 22.5 Å². The first kappa shape index (κ1) is 21.3. The van der Waals surface area contributed by atoms with E-state index in [2.05, 4.69) is 15.5 Å². The van der Waals surface area contributed by atoms with Crippen LogP contribution in [0.25, 0.3) is 22.4 Å². The van der Waals surface area contributed by atoms with Gasteiger partial charge in [0.1, 0.15) is 12.3 Å². The second-order valence-electron chi connectivity index (χ2n) is 7.86. The lowest BCUT2D eigenvalue weighted by Crippen LogP contribution is -2.28. The minimum absolute atomic E-state index is 0.0986. The van der Waals surface area contributed by atoms with E-state index in [1.54, 1.807) is 19.2 Å². The van der Waals surface area contributed by atoms with E-state index in [0.29, 0.717) is 28.3 Å². The highest BCUT2D eigenvalue weighted by Gasteiger charge is 2.18. The zero-order valence-corrected chi connectivity index (χ0v) is 18.4. The van der Waals surface area contributed by atoms with E-state index in [4.69, 9.17) is 9.26 Å². The van der Waals surface area contributed by atoms with Crippen molar-refractivity contribution in [1.29, 1.82) is 0 Å². The van der Waals surface area contributed by atoms with Crippen LogP contribution in [0.1, 0.15) is 31.2 Å². The Hall–Kier alpha value is -3.94. The summed E-state index contributed by atoms with van der Waals surface area (Å²) in [5, 5.41) is 7.58. The van der Waals surface area contributed by atoms with Gasteiger partial charge in [-0.3, -0.25) is 14.2 Å². The molecule has 4 aromatic rings. The van der Waals surface area contributed by atoms with Gasteiger partial charge in [0.2, 0.25) is 5.91 Å². The predicted octanol–water partition coefficient (Wildman–Crippen LogP) is 4.13. The van der Waals surface area contributed by atoms with E-state index in [-0.39, 0.29) is 29.8 Å². The van der Waals surface area contributed by atoms with E-state index >= 15 is 0 Å². The quantitative estimate of drug-likeness (QED) is 0.492. The number of para-hydroxylation sites is 1. The van der Waals surface area contributed by atoms with Crippen LogP contribution in [0.4, 0.5) is 5.69 Å². The molecule has 1 N–H and O–H groups in total. The molecule has 0 spiro atoms. The topological polar surface area (TPSA) is 99.2 Å².